The van der Waals surface area contributed by atoms with E-state index in [0.717, 1.165) is 0 Å². The normalized spacial score (nSPS) is 11.0. The average molecular weight is 358 g/mol. The van der Waals surface area contributed by atoms with Crippen molar-refractivity contribution in [2.45, 2.75) is 0 Å². The molecule has 0 saturated heterocycles. The van der Waals surface area contributed by atoms with E-state index in [2.05, 4.69) is 31.1 Å². The number of nitrogens with zero attached hydrogens (tertiary/aromatic N) is 4. The van der Waals surface area contributed by atoms with Gasteiger partial charge in [0.25, 0.3) is 0 Å². The van der Waals surface area contributed by atoms with Crippen molar-refractivity contribution < 1.29 is 9.13 Å². The Bertz CT molecular complexity index is 807. The highest BCUT2D eigenvalue weighted by Crippen LogP contribution is 2.29. The van der Waals surface area contributed by atoms with Crippen LogP contribution in [0.2, 0.25) is 5.28 Å². The van der Waals surface area contributed by atoms with Gasteiger partial charge >= 0.3 is 0 Å². The maximum atomic E-state index is 14.0. The molecule has 0 aliphatic heterocycles. The molecule has 20 heavy (non-hydrogen) atoms. The first kappa shape index (κ1) is 13.3. The molecule has 2 aromatic heterocycles. The van der Waals surface area contributed by atoms with Crippen LogP contribution in [0.25, 0.3) is 17.0 Å². The number of halogens is 3. The van der Waals surface area contributed by atoms with Gasteiger partial charge in [-0.05, 0) is 45.7 Å². The Morgan fingerprint density at radius 1 is 1.35 bits per heavy atom. The fourth-order valence-electron chi connectivity index (χ4n) is 1.82. The quantitative estimate of drug-likeness (QED) is 0.660. The second-order valence-electron chi connectivity index (χ2n) is 3.90. The summed E-state index contributed by atoms with van der Waals surface area (Å²) in [7, 11) is 1.50. The van der Waals surface area contributed by atoms with Crippen molar-refractivity contribution in [1.29, 1.82) is 0 Å². The Balaban J connectivity index is 2.33. The maximum absolute atomic E-state index is 14.0. The molecule has 0 aliphatic rings. The number of ether oxygens (including phenoxy) is 1. The third-order valence-electron chi connectivity index (χ3n) is 2.76. The van der Waals surface area contributed by atoms with Crippen LogP contribution in [-0.2, 0) is 0 Å². The van der Waals surface area contributed by atoms with E-state index in [1.165, 1.54) is 35.9 Å². The van der Waals surface area contributed by atoms with Crippen LogP contribution >= 0.6 is 27.5 Å². The molecule has 102 valence electrons. The number of rotatable bonds is 2. The van der Waals surface area contributed by atoms with E-state index in [9.17, 15) is 4.39 Å². The van der Waals surface area contributed by atoms with Crippen LogP contribution in [0, 0.1) is 5.82 Å². The molecule has 3 aromatic rings. The minimum Gasteiger partial charge on any atom is -0.497 e. The fraction of sp³-hybridized carbons (Fsp3) is 0.0833. The van der Waals surface area contributed by atoms with Crippen molar-refractivity contribution >= 4 is 33.2 Å². The van der Waals surface area contributed by atoms with Crippen LogP contribution in [-0.4, -0.2) is 26.7 Å². The highest BCUT2D eigenvalue weighted by atomic mass is 79.9. The molecule has 8 heteroatoms. The summed E-state index contributed by atoms with van der Waals surface area (Å²) in [6, 6.07) is 4.36. The number of hydrogen-bond acceptors (Lipinski definition) is 4. The van der Waals surface area contributed by atoms with E-state index < -0.39 is 5.82 Å². The maximum Gasteiger partial charge on any atom is 0.210 e. The van der Waals surface area contributed by atoms with E-state index in [0.29, 0.717) is 15.9 Å². The molecule has 0 atom stereocenters. The second-order valence-corrected chi connectivity index (χ2v) is 5.10. The molecular weight excluding hydrogens is 351 g/mol. The van der Waals surface area contributed by atoms with Gasteiger partial charge in [0.05, 0.1) is 17.1 Å². The average Bonchev–Trinajstić information content (AvgIpc) is 2.89. The van der Waals surface area contributed by atoms with E-state index in [-0.39, 0.29) is 16.7 Å². The van der Waals surface area contributed by atoms with Crippen LogP contribution in [0.15, 0.2) is 28.9 Å². The zero-order valence-electron chi connectivity index (χ0n) is 10.1. The van der Waals surface area contributed by atoms with Crippen LogP contribution < -0.4 is 4.74 Å². The van der Waals surface area contributed by atoms with Gasteiger partial charge in [-0.1, -0.05) is 0 Å². The van der Waals surface area contributed by atoms with Gasteiger partial charge in [0, 0.05) is 6.20 Å². The summed E-state index contributed by atoms with van der Waals surface area (Å²) < 4.78 is 21.2. The largest absolute Gasteiger partial charge is 0.497 e. The van der Waals surface area contributed by atoms with Crippen LogP contribution in [0.4, 0.5) is 4.39 Å². The van der Waals surface area contributed by atoms with Crippen LogP contribution in [0.3, 0.4) is 0 Å². The van der Waals surface area contributed by atoms with Crippen molar-refractivity contribution in [3.8, 4) is 17.1 Å². The van der Waals surface area contributed by atoms with Gasteiger partial charge in [-0.15, -0.1) is 10.2 Å². The summed E-state index contributed by atoms with van der Waals surface area (Å²) in [4.78, 5) is 3.99. The van der Waals surface area contributed by atoms with Gasteiger partial charge in [-0.25, -0.2) is 13.8 Å². The molecule has 0 unspecified atom stereocenters. The second kappa shape index (κ2) is 4.99. The fourth-order valence-corrected chi connectivity index (χ4v) is 2.38. The van der Waals surface area contributed by atoms with E-state index in [4.69, 9.17) is 16.3 Å². The van der Waals surface area contributed by atoms with Crippen molar-refractivity contribution in [1.82, 2.24) is 19.6 Å². The third-order valence-corrected chi connectivity index (χ3v) is 3.59. The molecule has 0 spiro atoms. The predicted molar refractivity (Wildman–Crippen MR) is 75.4 cm³/mol. The molecule has 5 nitrogen and oxygen atoms in total. The van der Waals surface area contributed by atoms with Gasteiger partial charge in [0.2, 0.25) is 5.28 Å². The summed E-state index contributed by atoms with van der Waals surface area (Å²) in [5.74, 6) is 0.323. The monoisotopic (exact) mass is 356 g/mol. The van der Waals surface area contributed by atoms with E-state index in [1.807, 2.05) is 0 Å². The zero-order valence-corrected chi connectivity index (χ0v) is 12.5. The molecule has 1 aromatic carbocycles. The molecule has 3 rings (SSSR count). The highest BCUT2D eigenvalue weighted by molar-refractivity contribution is 9.10. The first-order valence-electron chi connectivity index (χ1n) is 5.51. The summed E-state index contributed by atoms with van der Waals surface area (Å²) in [6.07, 6.45) is 1.51. The van der Waals surface area contributed by atoms with Crippen molar-refractivity contribution in [2.75, 3.05) is 7.11 Å². The lowest BCUT2D eigenvalue weighted by atomic mass is 10.2. The molecule has 0 radical (unpaired) electrons. The van der Waals surface area contributed by atoms with Crippen molar-refractivity contribution in [2.24, 2.45) is 0 Å². The Morgan fingerprint density at radius 2 is 2.15 bits per heavy atom. The van der Waals surface area contributed by atoms with Gasteiger partial charge in [-0.2, -0.15) is 0 Å². The summed E-state index contributed by atoms with van der Waals surface area (Å²) in [5, 5.41) is 8.12. The predicted octanol–water partition coefficient (Wildman–Crippen LogP) is 3.35. The molecule has 0 N–H and O–H groups in total. The highest BCUT2D eigenvalue weighted by Gasteiger charge is 2.17. The molecule has 0 bridgehead atoms. The van der Waals surface area contributed by atoms with Gasteiger partial charge in [-0.3, -0.25) is 0 Å². The number of methoxy groups -OCH3 is 1. The van der Waals surface area contributed by atoms with Gasteiger partial charge in [0.1, 0.15) is 11.6 Å². The van der Waals surface area contributed by atoms with Crippen molar-refractivity contribution in [3.63, 3.8) is 0 Å². The lowest BCUT2D eigenvalue weighted by Crippen LogP contribution is -1.97. The Kier molecular flexibility index (Phi) is 3.31. The first-order chi connectivity index (χ1) is 9.61. The molecular formula is C12H7BrClFN4O. The van der Waals surface area contributed by atoms with Gasteiger partial charge < -0.3 is 4.74 Å². The minimum absolute atomic E-state index is 0.144. The Morgan fingerprint density at radius 3 is 2.90 bits per heavy atom. The number of aromatic nitrogens is 4. The van der Waals surface area contributed by atoms with Crippen LogP contribution in [0.5, 0.6) is 5.75 Å². The zero-order chi connectivity index (χ0) is 14.3. The summed E-state index contributed by atoms with van der Waals surface area (Å²) in [6.45, 7) is 0. The summed E-state index contributed by atoms with van der Waals surface area (Å²) >= 11 is 9.35. The number of hydrogen-bond donors (Lipinski definition) is 0. The minimum atomic E-state index is -0.448. The molecule has 0 aliphatic carbocycles. The topological polar surface area (TPSA) is 52.3 Å². The lowest BCUT2D eigenvalue weighted by Gasteiger charge is -2.06. The number of benzene rings is 1. The smallest absolute Gasteiger partial charge is 0.210 e. The number of fused-ring (bicyclic) bond motifs is 1. The van der Waals surface area contributed by atoms with E-state index >= 15 is 0 Å². The Hall–Kier alpha value is -1.73. The van der Waals surface area contributed by atoms with Crippen molar-refractivity contribution in [3.05, 3.63) is 40.0 Å². The summed E-state index contributed by atoms with van der Waals surface area (Å²) in [5.41, 5.74) is 0.695. The SMILES string of the molecule is COc1ccc(F)c(-c2nnc3c(Br)cnc(Cl)n23)c1. The molecule has 0 fully saturated rings. The first-order valence-corrected chi connectivity index (χ1v) is 6.68. The Labute approximate surface area is 126 Å². The molecule has 2 heterocycles. The molecule has 0 amide bonds. The van der Waals surface area contributed by atoms with Gasteiger partial charge in [0.15, 0.2) is 11.5 Å². The van der Waals surface area contributed by atoms with Crippen LogP contribution in [0.1, 0.15) is 0 Å². The molecule has 0 saturated carbocycles. The standard InChI is InChI=1S/C12H7BrClFN4O/c1-20-6-2-3-9(15)7(4-6)10-17-18-11-8(13)5-16-12(14)19(10)11/h2-5H,1H3. The third kappa shape index (κ3) is 2.03. The van der Waals surface area contributed by atoms with E-state index in [1.54, 1.807) is 0 Å². The lowest BCUT2D eigenvalue weighted by molar-refractivity contribution is 0.414.